The molecular weight excluding hydrogens is 285 g/mol. The van der Waals surface area contributed by atoms with Gasteiger partial charge in [0, 0.05) is 24.9 Å². The summed E-state index contributed by atoms with van der Waals surface area (Å²) in [6, 6.07) is -0.768. The highest BCUT2D eigenvalue weighted by molar-refractivity contribution is 8.09. The summed E-state index contributed by atoms with van der Waals surface area (Å²) in [6.07, 6.45) is 0.414. The minimum Gasteiger partial charge on any atom is -0.378 e. The number of hydrogen-bond donors (Lipinski definition) is 3. The molecule has 0 amide bonds. The lowest BCUT2D eigenvalue weighted by molar-refractivity contribution is 0.0868. The van der Waals surface area contributed by atoms with Gasteiger partial charge in [-0.25, -0.2) is 0 Å². The molecule has 2 unspecified atom stereocenters. The van der Waals surface area contributed by atoms with Gasteiger partial charge in [0.15, 0.2) is 6.49 Å². The Balaban J connectivity index is 2.58. The molecule has 1 aliphatic heterocycles. The Labute approximate surface area is 106 Å². The second kappa shape index (κ2) is 5.64. The summed E-state index contributed by atoms with van der Waals surface area (Å²) in [6.45, 7) is -1.44. The molecule has 96 valence electrons. The average molecular weight is 298 g/mol. The molecule has 0 aromatic carbocycles. The Bertz CT molecular complexity index is 390. The van der Waals surface area contributed by atoms with Gasteiger partial charge in [-0.05, 0) is 17.9 Å². The summed E-state index contributed by atoms with van der Waals surface area (Å²) in [7, 11) is 1.40. The zero-order valence-corrected chi connectivity index (χ0v) is 11.6. The molecule has 1 saturated heterocycles. The summed E-state index contributed by atoms with van der Waals surface area (Å²) in [5, 5.41) is 0. The molecular formula is C7H13BO6P2S. The lowest BCUT2D eigenvalue weighted by Gasteiger charge is -2.19. The standard InChI is InChI=1S/C7H13BO6P2S/c1-15(9,17)14-6-4-5(13-7(6)8)2-3-16(10,11)12/h2-3,5-7H,4H2,1H3,(H,9,17)(H2,10,11,12)/b3-2+/t5-,6?,7-,15?/m1/s1. The van der Waals surface area contributed by atoms with Crippen molar-refractivity contribution in [1.82, 2.24) is 0 Å². The van der Waals surface area contributed by atoms with Crippen LogP contribution >= 0.6 is 14.1 Å². The minimum absolute atomic E-state index is 0.296. The third-order valence-electron chi connectivity index (χ3n) is 1.99. The van der Waals surface area contributed by atoms with Crippen molar-refractivity contribution in [3.63, 3.8) is 0 Å². The Hall–Kier alpha value is 0.485. The molecule has 3 N–H and O–H groups in total. The van der Waals surface area contributed by atoms with Gasteiger partial charge in [-0.3, -0.25) is 4.57 Å². The van der Waals surface area contributed by atoms with Crippen molar-refractivity contribution < 1.29 is 28.5 Å². The van der Waals surface area contributed by atoms with E-state index in [1.54, 1.807) is 0 Å². The maximum atomic E-state index is 10.6. The zero-order valence-electron chi connectivity index (χ0n) is 9.04. The van der Waals surface area contributed by atoms with Crippen LogP contribution in [-0.2, 0) is 25.6 Å². The van der Waals surface area contributed by atoms with Crippen molar-refractivity contribution >= 4 is 33.7 Å². The van der Waals surface area contributed by atoms with Crippen LogP contribution in [0.2, 0.25) is 0 Å². The summed E-state index contributed by atoms with van der Waals surface area (Å²) in [5.41, 5.74) is 0. The monoisotopic (exact) mass is 298 g/mol. The van der Waals surface area contributed by atoms with Crippen LogP contribution in [0.15, 0.2) is 11.9 Å². The van der Waals surface area contributed by atoms with Crippen LogP contribution in [0.25, 0.3) is 0 Å². The van der Waals surface area contributed by atoms with Crippen molar-refractivity contribution in [3.8, 4) is 0 Å². The van der Waals surface area contributed by atoms with Crippen LogP contribution in [0.4, 0.5) is 0 Å². The van der Waals surface area contributed by atoms with E-state index < -0.39 is 32.3 Å². The van der Waals surface area contributed by atoms with Crippen LogP contribution in [0.1, 0.15) is 6.42 Å². The van der Waals surface area contributed by atoms with E-state index in [0.717, 1.165) is 5.82 Å². The molecule has 0 aromatic rings. The third-order valence-corrected chi connectivity index (χ3v) is 3.47. The fraction of sp³-hybridized carbons (Fsp3) is 0.714. The molecule has 6 nitrogen and oxygen atoms in total. The lowest BCUT2D eigenvalue weighted by atomic mass is 9.94. The predicted octanol–water partition coefficient (Wildman–Crippen LogP) is 0.278. The molecule has 0 aliphatic carbocycles. The first-order chi connectivity index (χ1) is 7.57. The van der Waals surface area contributed by atoms with Gasteiger partial charge in [0.25, 0.3) is 0 Å². The molecule has 10 heteroatoms. The third kappa shape index (κ3) is 6.27. The predicted molar refractivity (Wildman–Crippen MR) is 67.5 cm³/mol. The van der Waals surface area contributed by atoms with Gasteiger partial charge in [-0.2, -0.15) is 0 Å². The van der Waals surface area contributed by atoms with E-state index in [1.807, 2.05) is 0 Å². The van der Waals surface area contributed by atoms with E-state index in [-0.39, 0.29) is 0 Å². The van der Waals surface area contributed by atoms with Gasteiger partial charge in [-0.15, -0.1) is 0 Å². The summed E-state index contributed by atoms with van der Waals surface area (Å²) in [4.78, 5) is 26.7. The maximum absolute atomic E-state index is 10.6. The molecule has 1 aliphatic rings. The molecule has 0 bridgehead atoms. The summed E-state index contributed by atoms with van der Waals surface area (Å²) >= 11 is 4.73. The Morgan fingerprint density at radius 2 is 2.12 bits per heavy atom. The fourth-order valence-electron chi connectivity index (χ4n) is 1.39. The first-order valence-corrected chi connectivity index (χ1v) is 9.51. The van der Waals surface area contributed by atoms with Gasteiger partial charge in [0.05, 0.1) is 12.2 Å². The molecule has 17 heavy (non-hydrogen) atoms. The Morgan fingerprint density at radius 3 is 2.59 bits per heavy atom. The Morgan fingerprint density at radius 1 is 1.53 bits per heavy atom. The highest BCUT2D eigenvalue weighted by Gasteiger charge is 2.33. The number of rotatable bonds is 4. The second-order valence-electron chi connectivity index (χ2n) is 3.75. The zero-order chi connectivity index (χ0) is 13.3. The molecule has 0 aromatic heterocycles. The molecule has 4 atom stereocenters. The largest absolute Gasteiger partial charge is 0.378 e. The van der Waals surface area contributed by atoms with E-state index in [9.17, 15) is 9.46 Å². The first-order valence-electron chi connectivity index (χ1n) is 4.71. The van der Waals surface area contributed by atoms with Crippen LogP contribution < -0.4 is 0 Å². The van der Waals surface area contributed by atoms with Crippen LogP contribution in [-0.4, -0.2) is 47.4 Å². The highest BCUT2D eigenvalue weighted by atomic mass is 32.5. The van der Waals surface area contributed by atoms with Crippen LogP contribution in [0.3, 0.4) is 0 Å². The summed E-state index contributed by atoms with van der Waals surface area (Å²) < 4.78 is 21.0. The molecule has 0 spiro atoms. The van der Waals surface area contributed by atoms with Gasteiger partial charge in [-0.1, -0.05) is 0 Å². The second-order valence-corrected chi connectivity index (χ2v) is 9.08. The van der Waals surface area contributed by atoms with Crippen molar-refractivity contribution in [2.75, 3.05) is 6.66 Å². The van der Waals surface area contributed by atoms with E-state index >= 15 is 0 Å². The van der Waals surface area contributed by atoms with Crippen molar-refractivity contribution in [1.29, 1.82) is 0 Å². The minimum atomic E-state index is -4.20. The van der Waals surface area contributed by atoms with E-state index in [1.165, 1.54) is 12.7 Å². The SMILES string of the molecule is [B][C@@H]1O[C@H](/C=C/P(=O)(O)O)CC1OP(C)(O)=S. The van der Waals surface area contributed by atoms with Gasteiger partial charge < -0.3 is 23.9 Å². The lowest BCUT2D eigenvalue weighted by Crippen LogP contribution is -2.23. The quantitative estimate of drug-likeness (QED) is 0.506. The van der Waals surface area contributed by atoms with Gasteiger partial charge in [0.1, 0.15) is 7.85 Å². The normalized spacial score (nSPS) is 34.0. The number of hydrogen-bond acceptors (Lipinski definition) is 4. The Kier molecular flexibility index (Phi) is 5.15. The van der Waals surface area contributed by atoms with Crippen LogP contribution in [0, 0.1) is 0 Å². The summed E-state index contributed by atoms with van der Waals surface area (Å²) in [5.74, 6) is 0.758. The molecule has 1 heterocycles. The molecule has 1 fully saturated rings. The average Bonchev–Trinajstić information content (AvgIpc) is 2.40. The topological polar surface area (TPSA) is 96.2 Å². The van der Waals surface area contributed by atoms with E-state index in [0.29, 0.717) is 6.42 Å². The highest BCUT2D eigenvalue weighted by Crippen LogP contribution is 2.43. The molecule has 1 rings (SSSR count). The molecule has 2 radical (unpaired) electrons. The van der Waals surface area contributed by atoms with Gasteiger partial charge in [0.2, 0.25) is 0 Å². The van der Waals surface area contributed by atoms with Gasteiger partial charge >= 0.3 is 7.60 Å². The maximum Gasteiger partial charge on any atom is 0.348 e. The van der Waals surface area contributed by atoms with Crippen molar-refractivity contribution in [3.05, 3.63) is 11.9 Å². The van der Waals surface area contributed by atoms with E-state index in [4.69, 9.17) is 38.7 Å². The first kappa shape index (κ1) is 15.5. The van der Waals surface area contributed by atoms with Crippen molar-refractivity contribution in [2.45, 2.75) is 24.6 Å². The fourth-order valence-corrected chi connectivity index (χ4v) is 2.85. The van der Waals surface area contributed by atoms with Crippen LogP contribution in [0.5, 0.6) is 0 Å². The number of ether oxygens (including phenoxy) is 1. The van der Waals surface area contributed by atoms with Crippen molar-refractivity contribution in [2.24, 2.45) is 0 Å². The smallest absolute Gasteiger partial charge is 0.348 e. The molecule has 0 saturated carbocycles. The van der Waals surface area contributed by atoms with E-state index in [2.05, 4.69) is 0 Å².